The van der Waals surface area contributed by atoms with Crippen molar-refractivity contribution < 1.29 is 14.6 Å². The van der Waals surface area contributed by atoms with Gasteiger partial charge in [-0.05, 0) is 54.0 Å². The van der Waals surface area contributed by atoms with Gasteiger partial charge < -0.3 is 25.8 Å². The third-order valence-corrected chi connectivity index (χ3v) is 6.89. The number of anilines is 2. The zero-order valence-electron chi connectivity index (χ0n) is 22.0. The molecular formula is C29H37N5O3. The van der Waals surface area contributed by atoms with Crippen molar-refractivity contribution in [2.75, 3.05) is 19.0 Å². The monoisotopic (exact) mass is 503 g/mol. The van der Waals surface area contributed by atoms with Crippen LogP contribution in [0.25, 0.3) is 0 Å². The predicted octanol–water partition coefficient (Wildman–Crippen LogP) is 4.04. The van der Waals surface area contributed by atoms with E-state index in [-0.39, 0.29) is 11.4 Å². The molecule has 8 nitrogen and oxygen atoms in total. The Morgan fingerprint density at radius 2 is 1.86 bits per heavy atom. The number of carbonyl (C=O) groups excluding carboxylic acids is 1. The molecule has 1 aliphatic carbocycles. The van der Waals surface area contributed by atoms with Gasteiger partial charge in [0.05, 0.1) is 19.3 Å². The lowest BCUT2D eigenvalue weighted by molar-refractivity contribution is -0.120. The van der Waals surface area contributed by atoms with Gasteiger partial charge in [-0.1, -0.05) is 50.2 Å². The largest absolute Gasteiger partial charge is 0.481 e. The number of nitrogens with zero attached hydrogens (tertiary/aromatic N) is 2. The lowest BCUT2D eigenvalue weighted by atomic mass is 9.96. The van der Waals surface area contributed by atoms with E-state index in [2.05, 4.69) is 64.0 Å². The molecule has 2 atom stereocenters. The lowest BCUT2D eigenvalue weighted by Crippen LogP contribution is -2.49. The molecule has 1 aliphatic rings. The van der Waals surface area contributed by atoms with Crippen LogP contribution in [0.2, 0.25) is 0 Å². The summed E-state index contributed by atoms with van der Waals surface area (Å²) in [5, 5.41) is 20.9. The van der Waals surface area contributed by atoms with Crippen LogP contribution >= 0.6 is 0 Å². The van der Waals surface area contributed by atoms with Crippen molar-refractivity contribution in [1.82, 2.24) is 20.6 Å². The Morgan fingerprint density at radius 1 is 1.11 bits per heavy atom. The third-order valence-electron chi connectivity index (χ3n) is 6.89. The van der Waals surface area contributed by atoms with Crippen LogP contribution in [0.15, 0.2) is 60.9 Å². The topological polar surface area (TPSA) is 108 Å². The minimum atomic E-state index is -0.735. The maximum atomic E-state index is 11.9. The van der Waals surface area contributed by atoms with E-state index in [0.717, 1.165) is 24.1 Å². The maximum absolute atomic E-state index is 11.9. The molecule has 0 unspecified atom stereocenters. The van der Waals surface area contributed by atoms with Crippen LogP contribution in [0, 0.1) is 0 Å². The van der Waals surface area contributed by atoms with Gasteiger partial charge in [-0.15, -0.1) is 0 Å². The molecule has 0 spiro atoms. The summed E-state index contributed by atoms with van der Waals surface area (Å²) >= 11 is 0. The van der Waals surface area contributed by atoms with Crippen LogP contribution in [-0.2, 0) is 16.8 Å². The molecule has 37 heavy (non-hydrogen) atoms. The zero-order valence-corrected chi connectivity index (χ0v) is 22.0. The highest BCUT2D eigenvalue weighted by Gasteiger charge is 2.44. The number of nitrogens with one attached hydrogen (secondary N) is 3. The van der Waals surface area contributed by atoms with Crippen molar-refractivity contribution in [1.29, 1.82) is 0 Å². The van der Waals surface area contributed by atoms with Crippen molar-refractivity contribution in [2.24, 2.45) is 0 Å². The van der Waals surface area contributed by atoms with E-state index in [4.69, 9.17) is 4.74 Å². The van der Waals surface area contributed by atoms with Gasteiger partial charge in [0.25, 0.3) is 0 Å². The molecular weight excluding hydrogens is 466 g/mol. The molecule has 1 amide bonds. The van der Waals surface area contributed by atoms with E-state index >= 15 is 0 Å². The number of hydrogen-bond donors (Lipinski definition) is 4. The standard InChI is InChI=1S/C29H37N5O3/c1-19(2)22-6-5-7-23(15-22)29(12-13-29)32-17-26(36)25(33-20(3)35)14-21-8-10-24(11-9-21)34-27-16-28(37-4)31-18-30-27/h5-11,15-16,18-19,25-26,32,36H,12-14,17H2,1-4H3,(H,33,35)(H,30,31,34)/t25-,26+/m0/s1. The van der Waals surface area contributed by atoms with Gasteiger partial charge in [-0.25, -0.2) is 9.97 Å². The van der Waals surface area contributed by atoms with Gasteiger partial charge in [0.2, 0.25) is 11.8 Å². The number of amides is 1. The van der Waals surface area contributed by atoms with Crippen molar-refractivity contribution in [3.05, 3.63) is 77.6 Å². The molecule has 0 radical (unpaired) electrons. The number of aliphatic hydroxyl groups is 1. The van der Waals surface area contributed by atoms with Crippen LogP contribution in [0.3, 0.4) is 0 Å². The predicted molar refractivity (Wildman–Crippen MR) is 145 cm³/mol. The average Bonchev–Trinajstić information content (AvgIpc) is 3.69. The maximum Gasteiger partial charge on any atom is 0.218 e. The lowest BCUT2D eigenvalue weighted by Gasteiger charge is -2.27. The van der Waals surface area contributed by atoms with E-state index in [9.17, 15) is 9.90 Å². The van der Waals surface area contributed by atoms with Gasteiger partial charge in [-0.2, -0.15) is 0 Å². The Labute approximate surface area is 218 Å². The number of benzene rings is 2. The van der Waals surface area contributed by atoms with Crippen LogP contribution in [0.5, 0.6) is 5.88 Å². The fourth-order valence-corrected chi connectivity index (χ4v) is 4.52. The first kappa shape index (κ1) is 26.6. The van der Waals surface area contributed by atoms with Crippen LogP contribution in [0.1, 0.15) is 56.2 Å². The number of aromatic nitrogens is 2. The van der Waals surface area contributed by atoms with Crippen molar-refractivity contribution in [2.45, 2.75) is 63.6 Å². The first-order valence-corrected chi connectivity index (χ1v) is 12.8. The number of aliphatic hydroxyl groups excluding tert-OH is 1. The van der Waals surface area contributed by atoms with E-state index in [1.807, 2.05) is 24.3 Å². The Hall–Kier alpha value is -3.49. The van der Waals surface area contributed by atoms with Crippen LogP contribution in [0.4, 0.5) is 11.5 Å². The minimum Gasteiger partial charge on any atom is -0.481 e. The molecule has 4 N–H and O–H groups in total. The summed E-state index contributed by atoms with van der Waals surface area (Å²) in [6, 6.07) is 17.9. The normalized spacial score (nSPS) is 15.6. The van der Waals surface area contributed by atoms with Crippen LogP contribution in [-0.4, -0.2) is 46.8 Å². The molecule has 1 saturated carbocycles. The second-order valence-corrected chi connectivity index (χ2v) is 10.1. The molecule has 1 aromatic heterocycles. The fraction of sp³-hybridized carbons (Fsp3) is 0.414. The summed E-state index contributed by atoms with van der Waals surface area (Å²) in [4.78, 5) is 20.1. The second kappa shape index (κ2) is 11.7. The third kappa shape index (κ3) is 7.05. The minimum absolute atomic E-state index is 0.0936. The molecule has 4 rings (SSSR count). The SMILES string of the molecule is COc1cc(Nc2ccc(C[C@H](NC(C)=O)[C@H](O)CNC3(c4cccc(C(C)C)c4)CC3)cc2)ncn1. The Bertz CT molecular complexity index is 1190. The molecule has 1 fully saturated rings. The summed E-state index contributed by atoms with van der Waals surface area (Å²) in [5.41, 5.74) is 4.37. The van der Waals surface area contributed by atoms with E-state index in [0.29, 0.717) is 30.6 Å². The second-order valence-electron chi connectivity index (χ2n) is 10.1. The van der Waals surface area contributed by atoms with Gasteiger partial charge in [0.15, 0.2) is 0 Å². The smallest absolute Gasteiger partial charge is 0.218 e. The molecule has 0 saturated heterocycles. The van der Waals surface area contributed by atoms with Gasteiger partial charge in [0, 0.05) is 30.8 Å². The van der Waals surface area contributed by atoms with Crippen LogP contribution < -0.4 is 20.7 Å². The van der Waals surface area contributed by atoms with E-state index < -0.39 is 12.1 Å². The number of hydrogen-bond acceptors (Lipinski definition) is 7. The van der Waals surface area contributed by atoms with Crippen molar-refractivity contribution >= 4 is 17.4 Å². The Balaban J connectivity index is 1.38. The van der Waals surface area contributed by atoms with Crippen molar-refractivity contribution in [3.63, 3.8) is 0 Å². The summed E-state index contributed by atoms with van der Waals surface area (Å²) in [7, 11) is 1.56. The van der Waals surface area contributed by atoms with Gasteiger partial charge >= 0.3 is 0 Å². The molecule has 196 valence electrons. The van der Waals surface area contributed by atoms with Gasteiger partial charge in [0.1, 0.15) is 12.1 Å². The first-order chi connectivity index (χ1) is 17.8. The van der Waals surface area contributed by atoms with Crippen molar-refractivity contribution in [3.8, 4) is 5.88 Å². The summed E-state index contributed by atoms with van der Waals surface area (Å²) in [6.07, 6.45) is 3.30. The Kier molecular flexibility index (Phi) is 8.41. The molecule has 0 bridgehead atoms. The number of methoxy groups -OCH3 is 1. The summed E-state index contributed by atoms with van der Waals surface area (Å²) in [5.74, 6) is 1.42. The van der Waals surface area contributed by atoms with E-state index in [1.54, 1.807) is 13.2 Å². The van der Waals surface area contributed by atoms with Gasteiger partial charge in [-0.3, -0.25) is 4.79 Å². The number of rotatable bonds is 12. The molecule has 1 heterocycles. The Morgan fingerprint density at radius 3 is 2.51 bits per heavy atom. The highest BCUT2D eigenvalue weighted by atomic mass is 16.5. The zero-order chi connectivity index (χ0) is 26.4. The molecule has 2 aromatic carbocycles. The highest BCUT2D eigenvalue weighted by molar-refractivity contribution is 5.73. The molecule has 8 heteroatoms. The van der Waals surface area contributed by atoms with E-state index in [1.165, 1.54) is 24.4 Å². The first-order valence-electron chi connectivity index (χ1n) is 12.8. The number of ether oxygens (including phenoxy) is 1. The average molecular weight is 504 g/mol. The summed E-state index contributed by atoms with van der Waals surface area (Å²) in [6.45, 7) is 6.27. The number of carbonyl (C=O) groups is 1. The fourth-order valence-electron chi connectivity index (χ4n) is 4.52. The quantitative estimate of drug-likeness (QED) is 0.295. The molecule has 3 aromatic rings. The molecule has 0 aliphatic heterocycles. The highest BCUT2D eigenvalue weighted by Crippen LogP contribution is 2.46. The summed E-state index contributed by atoms with van der Waals surface area (Å²) < 4.78 is 5.14.